The lowest BCUT2D eigenvalue weighted by molar-refractivity contribution is -0.146. The molecule has 1 saturated heterocycles. The van der Waals surface area contributed by atoms with Crippen molar-refractivity contribution in [1.82, 2.24) is 10.2 Å². The van der Waals surface area contributed by atoms with Crippen molar-refractivity contribution in [2.45, 2.75) is 45.7 Å². The minimum absolute atomic E-state index is 0.0502. The number of methoxy groups -OCH3 is 1. The third kappa shape index (κ3) is 4.97. The van der Waals surface area contributed by atoms with Gasteiger partial charge in [0.05, 0.1) is 13.7 Å². The summed E-state index contributed by atoms with van der Waals surface area (Å²) in [5.41, 5.74) is 5.70. The fraction of sp³-hybridized carbons (Fsp3) is 0.867. The van der Waals surface area contributed by atoms with Crippen LogP contribution in [0.3, 0.4) is 0 Å². The maximum absolute atomic E-state index is 12.2. The molecule has 6 nitrogen and oxygen atoms in total. The Balaban J connectivity index is 2.56. The monoisotopic (exact) mass is 299 g/mol. The van der Waals surface area contributed by atoms with Crippen molar-refractivity contribution in [3.63, 3.8) is 0 Å². The number of nitrogens with zero attached hydrogens (tertiary/aromatic N) is 1. The van der Waals surface area contributed by atoms with E-state index in [-0.39, 0.29) is 17.8 Å². The van der Waals surface area contributed by atoms with Crippen LogP contribution in [-0.4, -0.2) is 55.6 Å². The zero-order chi connectivity index (χ0) is 16.0. The smallest absolute Gasteiger partial charge is 0.328 e. The Hall–Kier alpha value is -1.14. The standard InChI is InChI=1S/C15H29N3O3/c1-5-10(2)14(15(20)21-4)17-13(19)9-18-8-12(7-16)6-11(18)3/h10-12,14H,5-9,16H2,1-4H3,(H,17,19). The van der Waals surface area contributed by atoms with E-state index in [4.69, 9.17) is 10.5 Å². The average Bonchev–Trinajstić information content (AvgIpc) is 2.83. The van der Waals surface area contributed by atoms with Gasteiger partial charge in [-0.05, 0) is 31.7 Å². The molecular weight excluding hydrogens is 270 g/mol. The molecule has 0 aromatic rings. The number of likely N-dealkylation sites (tertiary alicyclic amines) is 1. The van der Waals surface area contributed by atoms with Gasteiger partial charge < -0.3 is 15.8 Å². The molecule has 122 valence electrons. The lowest BCUT2D eigenvalue weighted by Gasteiger charge is -2.25. The number of hydrogen-bond acceptors (Lipinski definition) is 5. The van der Waals surface area contributed by atoms with Crippen LogP contribution < -0.4 is 11.1 Å². The summed E-state index contributed by atoms with van der Waals surface area (Å²) in [6, 6.07) is -0.222. The number of nitrogens with one attached hydrogen (secondary N) is 1. The maximum Gasteiger partial charge on any atom is 0.328 e. The molecular formula is C15H29N3O3. The van der Waals surface area contributed by atoms with E-state index in [1.807, 2.05) is 13.8 Å². The molecule has 1 fully saturated rings. The zero-order valence-electron chi connectivity index (χ0n) is 13.6. The van der Waals surface area contributed by atoms with E-state index < -0.39 is 6.04 Å². The molecule has 1 aliphatic heterocycles. The van der Waals surface area contributed by atoms with Gasteiger partial charge in [0.2, 0.25) is 5.91 Å². The maximum atomic E-state index is 12.2. The molecule has 0 bridgehead atoms. The average molecular weight is 299 g/mol. The number of amides is 1. The third-order valence-electron chi connectivity index (χ3n) is 4.46. The molecule has 6 heteroatoms. The number of hydrogen-bond donors (Lipinski definition) is 2. The number of ether oxygens (including phenoxy) is 1. The van der Waals surface area contributed by atoms with Crippen LogP contribution in [-0.2, 0) is 14.3 Å². The largest absolute Gasteiger partial charge is 0.467 e. The first-order valence-electron chi connectivity index (χ1n) is 7.74. The quantitative estimate of drug-likeness (QED) is 0.663. The number of rotatable bonds is 7. The summed E-state index contributed by atoms with van der Waals surface area (Å²) in [5.74, 6) is -0.00446. The predicted octanol–water partition coefficient (Wildman–Crippen LogP) is 0.359. The molecule has 0 aliphatic carbocycles. The second kappa shape index (κ2) is 8.34. The van der Waals surface area contributed by atoms with Gasteiger partial charge in [0, 0.05) is 12.6 Å². The van der Waals surface area contributed by atoms with Crippen molar-refractivity contribution in [1.29, 1.82) is 0 Å². The van der Waals surface area contributed by atoms with Gasteiger partial charge in [-0.3, -0.25) is 9.69 Å². The highest BCUT2D eigenvalue weighted by atomic mass is 16.5. The fourth-order valence-electron chi connectivity index (χ4n) is 2.81. The van der Waals surface area contributed by atoms with Crippen LogP contribution >= 0.6 is 0 Å². The highest BCUT2D eigenvalue weighted by molar-refractivity contribution is 5.85. The van der Waals surface area contributed by atoms with Crippen molar-refractivity contribution in [3.05, 3.63) is 0 Å². The normalized spacial score (nSPS) is 25.4. The van der Waals surface area contributed by atoms with Crippen LogP contribution in [0.1, 0.15) is 33.6 Å². The summed E-state index contributed by atoms with van der Waals surface area (Å²) in [5, 5.41) is 2.81. The van der Waals surface area contributed by atoms with Crippen LogP contribution in [0.15, 0.2) is 0 Å². The van der Waals surface area contributed by atoms with E-state index in [1.54, 1.807) is 0 Å². The molecule has 1 heterocycles. The summed E-state index contributed by atoms with van der Waals surface area (Å²) < 4.78 is 4.78. The molecule has 0 aromatic heterocycles. The van der Waals surface area contributed by atoms with Crippen molar-refractivity contribution in [2.24, 2.45) is 17.6 Å². The number of carbonyl (C=O) groups excluding carboxylic acids is 2. The molecule has 0 aromatic carbocycles. The molecule has 3 N–H and O–H groups in total. The van der Waals surface area contributed by atoms with Crippen LogP contribution in [0, 0.1) is 11.8 Å². The molecule has 21 heavy (non-hydrogen) atoms. The molecule has 0 radical (unpaired) electrons. The molecule has 1 amide bonds. The number of carbonyl (C=O) groups is 2. The zero-order valence-corrected chi connectivity index (χ0v) is 13.6. The Kier molecular flexibility index (Phi) is 7.11. The van der Waals surface area contributed by atoms with Crippen LogP contribution in [0.2, 0.25) is 0 Å². The van der Waals surface area contributed by atoms with Gasteiger partial charge in [-0.25, -0.2) is 4.79 Å². The van der Waals surface area contributed by atoms with E-state index in [1.165, 1.54) is 7.11 Å². The van der Waals surface area contributed by atoms with Gasteiger partial charge in [0.15, 0.2) is 0 Å². The summed E-state index contributed by atoms with van der Waals surface area (Å²) in [6.07, 6.45) is 1.82. The lowest BCUT2D eigenvalue weighted by atomic mass is 9.99. The summed E-state index contributed by atoms with van der Waals surface area (Å²) in [6.45, 7) is 7.83. The lowest BCUT2D eigenvalue weighted by Crippen LogP contribution is -2.49. The van der Waals surface area contributed by atoms with Crippen molar-refractivity contribution >= 4 is 11.9 Å². The van der Waals surface area contributed by atoms with Crippen LogP contribution in [0.4, 0.5) is 0 Å². The summed E-state index contributed by atoms with van der Waals surface area (Å²) >= 11 is 0. The van der Waals surface area contributed by atoms with Crippen LogP contribution in [0.25, 0.3) is 0 Å². The van der Waals surface area contributed by atoms with Crippen molar-refractivity contribution in [3.8, 4) is 0 Å². The van der Waals surface area contributed by atoms with E-state index in [0.29, 0.717) is 25.0 Å². The van der Waals surface area contributed by atoms with E-state index in [0.717, 1.165) is 19.4 Å². The molecule has 4 atom stereocenters. The Morgan fingerprint density at radius 2 is 2.14 bits per heavy atom. The molecule has 1 rings (SSSR count). The second-order valence-electron chi connectivity index (χ2n) is 6.07. The highest BCUT2D eigenvalue weighted by Gasteiger charge is 2.31. The summed E-state index contributed by atoms with van der Waals surface area (Å²) in [7, 11) is 1.35. The third-order valence-corrected chi connectivity index (χ3v) is 4.46. The van der Waals surface area contributed by atoms with E-state index in [2.05, 4.69) is 17.1 Å². The Bertz CT molecular complexity index is 362. The number of esters is 1. The van der Waals surface area contributed by atoms with E-state index in [9.17, 15) is 9.59 Å². The van der Waals surface area contributed by atoms with Crippen molar-refractivity contribution in [2.75, 3.05) is 26.7 Å². The Labute approximate surface area is 127 Å². The first-order valence-corrected chi connectivity index (χ1v) is 7.74. The first kappa shape index (κ1) is 17.9. The van der Waals surface area contributed by atoms with Gasteiger partial charge >= 0.3 is 5.97 Å². The molecule has 1 aliphatic rings. The SMILES string of the molecule is CCC(C)C(NC(=O)CN1CC(CN)CC1C)C(=O)OC. The highest BCUT2D eigenvalue weighted by Crippen LogP contribution is 2.21. The topological polar surface area (TPSA) is 84.7 Å². The molecule has 0 saturated carbocycles. The minimum Gasteiger partial charge on any atom is -0.467 e. The van der Waals surface area contributed by atoms with Gasteiger partial charge in [-0.15, -0.1) is 0 Å². The van der Waals surface area contributed by atoms with E-state index >= 15 is 0 Å². The van der Waals surface area contributed by atoms with Crippen LogP contribution in [0.5, 0.6) is 0 Å². The second-order valence-corrected chi connectivity index (χ2v) is 6.07. The van der Waals surface area contributed by atoms with Gasteiger partial charge in [-0.2, -0.15) is 0 Å². The number of nitrogens with two attached hydrogens (primary N) is 1. The Morgan fingerprint density at radius 1 is 1.48 bits per heavy atom. The minimum atomic E-state index is -0.573. The molecule has 4 unspecified atom stereocenters. The Morgan fingerprint density at radius 3 is 2.62 bits per heavy atom. The van der Waals surface area contributed by atoms with Gasteiger partial charge in [0.25, 0.3) is 0 Å². The van der Waals surface area contributed by atoms with Gasteiger partial charge in [-0.1, -0.05) is 20.3 Å². The predicted molar refractivity (Wildman–Crippen MR) is 81.6 cm³/mol. The molecule has 0 spiro atoms. The first-order chi connectivity index (χ1) is 9.92. The fourth-order valence-corrected chi connectivity index (χ4v) is 2.81. The van der Waals surface area contributed by atoms with Gasteiger partial charge in [0.1, 0.15) is 6.04 Å². The van der Waals surface area contributed by atoms with Crippen molar-refractivity contribution < 1.29 is 14.3 Å². The summed E-state index contributed by atoms with van der Waals surface area (Å²) in [4.78, 5) is 26.1.